The van der Waals surface area contributed by atoms with E-state index < -0.39 is 11.5 Å². The van der Waals surface area contributed by atoms with Crippen LogP contribution in [0.4, 0.5) is 0 Å². The van der Waals surface area contributed by atoms with E-state index >= 15 is 0 Å². The van der Waals surface area contributed by atoms with Crippen LogP contribution in [0, 0.1) is 0 Å². The lowest BCUT2D eigenvalue weighted by Crippen LogP contribution is -2.49. The maximum atomic E-state index is 11.3. The van der Waals surface area contributed by atoms with Gasteiger partial charge in [0.2, 0.25) is 0 Å². The fourth-order valence-corrected chi connectivity index (χ4v) is 3.14. The van der Waals surface area contributed by atoms with Crippen molar-refractivity contribution in [2.45, 2.75) is 43.4 Å². The van der Waals surface area contributed by atoms with E-state index in [1.807, 2.05) is 0 Å². The molecule has 5 heteroatoms. The first kappa shape index (κ1) is 12.8. The summed E-state index contributed by atoms with van der Waals surface area (Å²) in [6.07, 6.45) is 3.77. The Labute approximate surface area is 102 Å². The Balaban J connectivity index is 1.96. The average Bonchev–Trinajstić information content (AvgIpc) is 2.96. The number of rotatable bonds is 4. The summed E-state index contributed by atoms with van der Waals surface area (Å²) in [4.78, 5) is 13.7. The number of aliphatic carboxylic acids is 1. The van der Waals surface area contributed by atoms with E-state index in [2.05, 4.69) is 10.2 Å². The molecule has 17 heavy (non-hydrogen) atoms. The third-order valence-corrected chi connectivity index (χ3v) is 4.40. The summed E-state index contributed by atoms with van der Waals surface area (Å²) in [6.45, 7) is 1.98. The second kappa shape index (κ2) is 4.92. The van der Waals surface area contributed by atoms with E-state index in [4.69, 9.17) is 4.74 Å². The lowest BCUT2D eigenvalue weighted by atomic mass is 9.98. The largest absolute Gasteiger partial charge is 0.480 e. The van der Waals surface area contributed by atoms with Crippen LogP contribution in [-0.4, -0.2) is 60.9 Å². The molecule has 1 aliphatic carbocycles. The lowest BCUT2D eigenvalue weighted by molar-refractivity contribution is -0.144. The number of nitrogens with zero attached hydrogens (tertiary/aromatic N) is 1. The molecular weight excluding hydrogens is 220 g/mol. The monoisotopic (exact) mass is 242 g/mol. The molecule has 0 aromatic rings. The lowest BCUT2D eigenvalue weighted by Gasteiger charge is -2.27. The topological polar surface area (TPSA) is 61.8 Å². The molecule has 1 aliphatic heterocycles. The van der Waals surface area contributed by atoms with Crippen LogP contribution in [-0.2, 0) is 9.53 Å². The number of carbonyl (C=O) groups is 1. The van der Waals surface area contributed by atoms with E-state index in [1.165, 1.54) is 0 Å². The van der Waals surface area contributed by atoms with Gasteiger partial charge in [0, 0.05) is 26.2 Å². The Bertz CT molecular complexity index is 297. The van der Waals surface area contributed by atoms with Crippen molar-refractivity contribution in [2.24, 2.45) is 0 Å². The summed E-state index contributed by atoms with van der Waals surface area (Å²) in [5.41, 5.74) is -0.712. The normalized spacial score (nSPS) is 38.7. The predicted molar refractivity (Wildman–Crippen MR) is 64.1 cm³/mol. The van der Waals surface area contributed by atoms with E-state index in [0.717, 1.165) is 32.4 Å². The maximum Gasteiger partial charge on any atom is 0.323 e. The SMILES string of the molecule is CNC1(C(=O)O)CCC(N2CCC(OC)C2)C1. The quantitative estimate of drug-likeness (QED) is 0.742. The zero-order valence-electron chi connectivity index (χ0n) is 10.6. The molecule has 98 valence electrons. The van der Waals surface area contributed by atoms with Gasteiger partial charge in [0.1, 0.15) is 5.54 Å². The minimum atomic E-state index is -0.718. The average molecular weight is 242 g/mol. The van der Waals surface area contributed by atoms with Gasteiger partial charge in [0.15, 0.2) is 0 Å². The van der Waals surface area contributed by atoms with Crippen LogP contribution in [0.25, 0.3) is 0 Å². The number of hydrogen-bond donors (Lipinski definition) is 2. The minimum Gasteiger partial charge on any atom is -0.480 e. The second-order valence-electron chi connectivity index (χ2n) is 5.18. The Morgan fingerprint density at radius 1 is 1.53 bits per heavy atom. The van der Waals surface area contributed by atoms with Gasteiger partial charge in [-0.1, -0.05) is 0 Å². The van der Waals surface area contributed by atoms with Crippen LogP contribution < -0.4 is 5.32 Å². The number of nitrogens with one attached hydrogen (secondary N) is 1. The summed E-state index contributed by atoms with van der Waals surface area (Å²) in [5, 5.41) is 12.3. The van der Waals surface area contributed by atoms with Gasteiger partial charge in [-0.15, -0.1) is 0 Å². The van der Waals surface area contributed by atoms with Gasteiger partial charge in [0.05, 0.1) is 6.10 Å². The molecule has 0 amide bonds. The van der Waals surface area contributed by atoms with Crippen molar-refractivity contribution in [2.75, 3.05) is 27.2 Å². The zero-order valence-corrected chi connectivity index (χ0v) is 10.6. The van der Waals surface area contributed by atoms with Gasteiger partial charge in [-0.3, -0.25) is 9.69 Å². The molecule has 0 spiro atoms. The molecule has 0 aromatic heterocycles. The Morgan fingerprint density at radius 2 is 2.29 bits per heavy atom. The summed E-state index contributed by atoms with van der Waals surface area (Å²) in [7, 11) is 3.50. The first-order valence-electron chi connectivity index (χ1n) is 6.30. The van der Waals surface area contributed by atoms with Crippen molar-refractivity contribution in [3.8, 4) is 0 Å². The molecule has 2 N–H and O–H groups in total. The van der Waals surface area contributed by atoms with Crippen LogP contribution >= 0.6 is 0 Å². The number of carboxylic acids is 1. The summed E-state index contributed by atoms with van der Waals surface area (Å²) < 4.78 is 5.35. The maximum absolute atomic E-state index is 11.3. The molecule has 1 saturated carbocycles. The van der Waals surface area contributed by atoms with Crippen LogP contribution in [0.15, 0.2) is 0 Å². The van der Waals surface area contributed by atoms with Crippen LogP contribution in [0.3, 0.4) is 0 Å². The van der Waals surface area contributed by atoms with Gasteiger partial charge < -0.3 is 15.2 Å². The van der Waals surface area contributed by atoms with Crippen molar-refractivity contribution in [1.82, 2.24) is 10.2 Å². The van der Waals surface area contributed by atoms with E-state index in [-0.39, 0.29) is 0 Å². The van der Waals surface area contributed by atoms with Crippen LogP contribution in [0.5, 0.6) is 0 Å². The van der Waals surface area contributed by atoms with Gasteiger partial charge in [-0.25, -0.2) is 0 Å². The van der Waals surface area contributed by atoms with Gasteiger partial charge in [0.25, 0.3) is 0 Å². The van der Waals surface area contributed by atoms with Crippen LogP contribution in [0.1, 0.15) is 25.7 Å². The smallest absolute Gasteiger partial charge is 0.323 e. The van der Waals surface area contributed by atoms with Crippen molar-refractivity contribution >= 4 is 5.97 Å². The second-order valence-corrected chi connectivity index (χ2v) is 5.18. The Kier molecular flexibility index (Phi) is 3.70. The van der Waals surface area contributed by atoms with Gasteiger partial charge >= 0.3 is 5.97 Å². The molecule has 0 aromatic carbocycles. The van der Waals surface area contributed by atoms with Crippen molar-refractivity contribution in [3.63, 3.8) is 0 Å². The predicted octanol–water partition coefficient (Wildman–Crippen LogP) is 0.302. The molecule has 2 fully saturated rings. The summed E-state index contributed by atoms with van der Waals surface area (Å²) in [6, 6.07) is 0.388. The molecular formula is C12H22N2O3. The molecule has 5 nitrogen and oxygen atoms in total. The van der Waals surface area contributed by atoms with Gasteiger partial charge in [-0.2, -0.15) is 0 Å². The fourth-order valence-electron chi connectivity index (χ4n) is 3.14. The Morgan fingerprint density at radius 3 is 2.76 bits per heavy atom. The number of carboxylic acid groups (broad SMARTS) is 1. The highest BCUT2D eigenvalue weighted by atomic mass is 16.5. The molecule has 1 heterocycles. The molecule has 0 radical (unpaired) electrons. The molecule has 2 rings (SSSR count). The van der Waals surface area contributed by atoms with Crippen molar-refractivity contribution in [3.05, 3.63) is 0 Å². The van der Waals surface area contributed by atoms with Crippen molar-refractivity contribution in [1.29, 1.82) is 0 Å². The highest BCUT2D eigenvalue weighted by Crippen LogP contribution is 2.34. The minimum absolute atomic E-state index is 0.324. The first-order valence-corrected chi connectivity index (χ1v) is 6.30. The third kappa shape index (κ3) is 2.32. The number of ether oxygens (including phenoxy) is 1. The highest BCUT2D eigenvalue weighted by molar-refractivity contribution is 5.79. The number of methoxy groups -OCH3 is 1. The van der Waals surface area contributed by atoms with E-state index in [9.17, 15) is 9.90 Å². The molecule has 2 aliphatic rings. The third-order valence-electron chi connectivity index (χ3n) is 4.40. The fraction of sp³-hybridized carbons (Fsp3) is 0.917. The molecule has 1 saturated heterocycles. The van der Waals surface area contributed by atoms with Crippen molar-refractivity contribution < 1.29 is 14.6 Å². The molecule has 0 bridgehead atoms. The van der Waals surface area contributed by atoms with Crippen LogP contribution in [0.2, 0.25) is 0 Å². The standard InChI is InChI=1S/C12H22N2O3/c1-13-12(11(15)16)5-3-9(7-12)14-6-4-10(8-14)17-2/h9-10,13H,3-8H2,1-2H3,(H,15,16). The van der Waals surface area contributed by atoms with E-state index in [0.29, 0.717) is 18.6 Å². The summed E-state index contributed by atoms with van der Waals surface area (Å²) in [5.74, 6) is -0.718. The first-order chi connectivity index (χ1) is 8.11. The molecule has 3 unspecified atom stereocenters. The number of likely N-dealkylation sites (tertiary alicyclic amines) is 1. The van der Waals surface area contributed by atoms with E-state index in [1.54, 1.807) is 14.2 Å². The summed E-state index contributed by atoms with van der Waals surface area (Å²) >= 11 is 0. The number of likely N-dealkylation sites (N-methyl/N-ethyl adjacent to an activating group) is 1. The zero-order chi connectivity index (χ0) is 12.5. The van der Waals surface area contributed by atoms with Gasteiger partial charge in [-0.05, 0) is 32.7 Å². The highest BCUT2D eigenvalue weighted by Gasteiger charge is 2.46. The number of hydrogen-bond acceptors (Lipinski definition) is 4. The Hall–Kier alpha value is -0.650. The molecule has 3 atom stereocenters.